The molecule has 1 aromatic rings. The molecule has 2 rings (SSSR count). The molecule has 3 heteroatoms. The number of hydrogen-bond donors (Lipinski definition) is 1. The molecule has 0 unspecified atom stereocenters. The highest BCUT2D eigenvalue weighted by molar-refractivity contribution is 5.79. The van der Waals surface area contributed by atoms with Crippen molar-refractivity contribution < 1.29 is 9.53 Å². The summed E-state index contributed by atoms with van der Waals surface area (Å²) in [5.41, 5.74) is 1.05. The van der Waals surface area contributed by atoms with Crippen LogP contribution in [0.25, 0.3) is 0 Å². The smallest absolute Gasteiger partial charge is 0.315 e. The molecule has 18 heavy (non-hydrogen) atoms. The molecule has 1 saturated heterocycles. The molecule has 1 heterocycles. The second kappa shape index (κ2) is 6.55. The van der Waals surface area contributed by atoms with Gasteiger partial charge in [0.2, 0.25) is 0 Å². The van der Waals surface area contributed by atoms with E-state index in [0.717, 1.165) is 18.5 Å². The molecule has 1 aliphatic rings. The first-order valence-electron chi connectivity index (χ1n) is 6.78. The summed E-state index contributed by atoms with van der Waals surface area (Å²) in [4.78, 5) is 12.2. The quantitative estimate of drug-likeness (QED) is 0.831. The van der Waals surface area contributed by atoms with Crippen molar-refractivity contribution in [1.82, 2.24) is 5.32 Å². The first-order valence-corrected chi connectivity index (χ1v) is 6.78. The van der Waals surface area contributed by atoms with Crippen molar-refractivity contribution in [1.29, 1.82) is 0 Å². The lowest BCUT2D eigenvalue weighted by atomic mass is 9.86. The van der Waals surface area contributed by atoms with Crippen LogP contribution >= 0.6 is 0 Å². The summed E-state index contributed by atoms with van der Waals surface area (Å²) >= 11 is 0. The van der Waals surface area contributed by atoms with Gasteiger partial charge in [-0.25, -0.2) is 0 Å². The van der Waals surface area contributed by atoms with Gasteiger partial charge in [0, 0.05) is 6.04 Å². The molecule has 1 aromatic carbocycles. The largest absolute Gasteiger partial charge is 0.465 e. The maximum Gasteiger partial charge on any atom is 0.315 e. The number of nitrogens with one attached hydrogen (secondary N) is 1. The number of hydrogen-bond acceptors (Lipinski definition) is 3. The molecule has 1 aliphatic heterocycles. The third-order valence-corrected chi connectivity index (χ3v) is 3.45. The molecule has 0 aromatic heterocycles. The maximum atomic E-state index is 12.2. The molecule has 3 nitrogen and oxygen atoms in total. The minimum atomic E-state index is -0.175. The lowest BCUT2D eigenvalue weighted by Crippen LogP contribution is -2.42. The predicted molar refractivity (Wildman–Crippen MR) is 71.5 cm³/mol. The normalized spacial score (nSPS) is 21.3. The summed E-state index contributed by atoms with van der Waals surface area (Å²) in [5.74, 6) is -0.283. The van der Waals surface area contributed by atoms with Crippen LogP contribution in [0.4, 0.5) is 0 Å². The summed E-state index contributed by atoms with van der Waals surface area (Å²) in [6, 6.07) is 10.2. The van der Waals surface area contributed by atoms with Gasteiger partial charge in [-0.2, -0.15) is 0 Å². The van der Waals surface area contributed by atoms with Crippen LogP contribution < -0.4 is 5.32 Å². The Bertz CT molecular complexity index is 371. The molecule has 0 spiro atoms. The molecule has 1 fully saturated rings. The number of piperidine rings is 1. The minimum Gasteiger partial charge on any atom is -0.465 e. The van der Waals surface area contributed by atoms with E-state index in [4.69, 9.17) is 4.74 Å². The van der Waals surface area contributed by atoms with Gasteiger partial charge in [-0.15, -0.1) is 0 Å². The summed E-state index contributed by atoms with van der Waals surface area (Å²) in [6.45, 7) is 3.29. The standard InChI is InChI=1S/C15H21NO2/c1-2-18-15(17)14(12-8-4-3-5-9-12)13-10-6-7-11-16-13/h3-5,8-9,13-14,16H,2,6-7,10-11H2,1H3/t13-,14+/m0/s1. The van der Waals surface area contributed by atoms with Crippen molar-refractivity contribution in [2.75, 3.05) is 13.2 Å². The van der Waals surface area contributed by atoms with Crippen molar-refractivity contribution >= 4 is 5.97 Å². The fourth-order valence-electron chi connectivity index (χ4n) is 2.59. The van der Waals surface area contributed by atoms with Crippen LogP contribution in [0.2, 0.25) is 0 Å². The summed E-state index contributed by atoms with van der Waals surface area (Å²) in [7, 11) is 0. The zero-order valence-corrected chi connectivity index (χ0v) is 10.9. The monoisotopic (exact) mass is 247 g/mol. The van der Waals surface area contributed by atoms with Crippen LogP contribution in [0.3, 0.4) is 0 Å². The average molecular weight is 247 g/mol. The molecule has 0 aliphatic carbocycles. The third kappa shape index (κ3) is 3.10. The molecule has 0 bridgehead atoms. The average Bonchev–Trinajstić information content (AvgIpc) is 2.42. The molecule has 1 N–H and O–H groups in total. The van der Waals surface area contributed by atoms with Crippen LogP contribution in [0.1, 0.15) is 37.7 Å². The van der Waals surface area contributed by atoms with E-state index in [1.807, 2.05) is 37.3 Å². The Labute approximate surface area is 109 Å². The van der Waals surface area contributed by atoms with E-state index in [0.29, 0.717) is 6.61 Å². The van der Waals surface area contributed by atoms with E-state index in [1.165, 1.54) is 12.8 Å². The summed E-state index contributed by atoms with van der Waals surface area (Å²) in [5, 5.41) is 3.46. The first-order chi connectivity index (χ1) is 8.83. The van der Waals surface area contributed by atoms with Crippen molar-refractivity contribution in [2.24, 2.45) is 0 Å². The Kier molecular flexibility index (Phi) is 4.76. The Balaban J connectivity index is 2.19. The fraction of sp³-hybridized carbons (Fsp3) is 0.533. The molecule has 2 atom stereocenters. The lowest BCUT2D eigenvalue weighted by molar-refractivity contribution is -0.145. The van der Waals surface area contributed by atoms with Gasteiger partial charge < -0.3 is 10.1 Å². The van der Waals surface area contributed by atoms with Gasteiger partial charge in [0.25, 0.3) is 0 Å². The van der Waals surface area contributed by atoms with Crippen LogP contribution in [0.15, 0.2) is 30.3 Å². The van der Waals surface area contributed by atoms with Crippen LogP contribution in [0, 0.1) is 0 Å². The maximum absolute atomic E-state index is 12.2. The van der Waals surface area contributed by atoms with Crippen LogP contribution in [-0.4, -0.2) is 25.2 Å². The zero-order chi connectivity index (χ0) is 12.8. The zero-order valence-electron chi connectivity index (χ0n) is 10.9. The van der Waals surface area contributed by atoms with Gasteiger partial charge in [-0.1, -0.05) is 36.8 Å². The second-order valence-electron chi connectivity index (χ2n) is 4.70. The molecule has 0 saturated carbocycles. The van der Waals surface area contributed by atoms with Crippen LogP contribution in [-0.2, 0) is 9.53 Å². The van der Waals surface area contributed by atoms with E-state index in [2.05, 4.69) is 5.32 Å². The van der Waals surface area contributed by atoms with E-state index in [-0.39, 0.29) is 17.9 Å². The Morgan fingerprint density at radius 1 is 1.39 bits per heavy atom. The van der Waals surface area contributed by atoms with Crippen LogP contribution in [0.5, 0.6) is 0 Å². The first kappa shape index (κ1) is 13.1. The minimum absolute atomic E-state index is 0.108. The Hall–Kier alpha value is -1.35. The molecular weight excluding hydrogens is 226 g/mol. The highest BCUT2D eigenvalue weighted by Gasteiger charge is 2.31. The molecule has 0 radical (unpaired) electrons. The SMILES string of the molecule is CCOC(=O)[C@H](c1ccccc1)[C@@H]1CCCCN1. The Morgan fingerprint density at radius 2 is 2.17 bits per heavy atom. The molecular formula is C15H21NO2. The topological polar surface area (TPSA) is 38.3 Å². The van der Waals surface area contributed by atoms with Gasteiger partial charge in [0.15, 0.2) is 0 Å². The van der Waals surface area contributed by atoms with Crippen molar-refractivity contribution in [3.63, 3.8) is 0 Å². The number of ether oxygens (including phenoxy) is 1. The lowest BCUT2D eigenvalue weighted by Gasteiger charge is -2.30. The van der Waals surface area contributed by atoms with Crippen molar-refractivity contribution in [3.8, 4) is 0 Å². The van der Waals surface area contributed by atoms with E-state index in [1.54, 1.807) is 0 Å². The van der Waals surface area contributed by atoms with Gasteiger partial charge in [0.05, 0.1) is 12.5 Å². The van der Waals surface area contributed by atoms with E-state index in [9.17, 15) is 4.79 Å². The number of esters is 1. The van der Waals surface area contributed by atoms with Gasteiger partial charge in [-0.3, -0.25) is 4.79 Å². The highest BCUT2D eigenvalue weighted by Crippen LogP contribution is 2.26. The number of rotatable bonds is 4. The van der Waals surface area contributed by atoms with E-state index >= 15 is 0 Å². The molecule has 98 valence electrons. The van der Waals surface area contributed by atoms with Gasteiger partial charge >= 0.3 is 5.97 Å². The third-order valence-electron chi connectivity index (χ3n) is 3.45. The number of carbonyl (C=O) groups excluding carboxylic acids is 1. The number of carbonyl (C=O) groups is 1. The second-order valence-corrected chi connectivity index (χ2v) is 4.70. The Morgan fingerprint density at radius 3 is 2.78 bits per heavy atom. The predicted octanol–water partition coefficient (Wildman–Crippen LogP) is 2.48. The van der Waals surface area contributed by atoms with Gasteiger partial charge in [0.1, 0.15) is 0 Å². The van der Waals surface area contributed by atoms with E-state index < -0.39 is 0 Å². The summed E-state index contributed by atoms with van der Waals surface area (Å²) in [6.07, 6.45) is 3.42. The molecule has 0 amide bonds. The summed E-state index contributed by atoms with van der Waals surface area (Å²) < 4.78 is 5.23. The van der Waals surface area contributed by atoms with Gasteiger partial charge in [-0.05, 0) is 31.9 Å². The fourth-order valence-corrected chi connectivity index (χ4v) is 2.59. The highest BCUT2D eigenvalue weighted by atomic mass is 16.5. The van der Waals surface area contributed by atoms with Crippen molar-refractivity contribution in [3.05, 3.63) is 35.9 Å². The number of benzene rings is 1. The van der Waals surface area contributed by atoms with Crippen molar-refractivity contribution in [2.45, 2.75) is 38.1 Å².